The number of unbranched alkanes of at least 4 members (excludes halogenated alkanes) is 1. The average Bonchev–Trinajstić information content (AvgIpc) is 2.74. The fourth-order valence-electron chi connectivity index (χ4n) is 3.36. The number of rotatable bonds is 8. The minimum Gasteiger partial charge on any atom is -0.508 e. The lowest BCUT2D eigenvalue weighted by Crippen LogP contribution is -1.98. The van der Waals surface area contributed by atoms with Gasteiger partial charge in [-0.3, -0.25) is 0 Å². The van der Waals surface area contributed by atoms with Gasteiger partial charge in [0.1, 0.15) is 11.5 Å². The van der Waals surface area contributed by atoms with Crippen LogP contribution in [0.1, 0.15) is 49.8 Å². The molecule has 3 aromatic rings. The molecule has 1 N–H and O–H groups in total. The van der Waals surface area contributed by atoms with E-state index in [0.717, 1.165) is 42.7 Å². The number of aromatic hydroxyl groups is 1. The first-order chi connectivity index (χ1) is 13.7. The number of phenols is 1. The molecule has 0 aliphatic rings. The molecule has 0 unspecified atom stereocenters. The first-order valence-electron chi connectivity index (χ1n) is 10.0. The van der Waals surface area contributed by atoms with Crippen molar-refractivity contribution >= 4 is 11.1 Å². The lowest BCUT2D eigenvalue weighted by Gasteiger charge is -2.17. The van der Waals surface area contributed by atoms with E-state index in [9.17, 15) is 5.11 Å². The van der Waals surface area contributed by atoms with Crippen molar-refractivity contribution in [3.8, 4) is 11.5 Å². The Morgan fingerprint density at radius 2 is 1.36 bits per heavy atom. The lowest BCUT2D eigenvalue weighted by molar-refractivity contribution is 0.309. The third kappa shape index (κ3) is 4.83. The van der Waals surface area contributed by atoms with E-state index < -0.39 is 0 Å². The molecule has 0 aliphatic carbocycles. The van der Waals surface area contributed by atoms with Gasteiger partial charge in [0.25, 0.3) is 0 Å². The maximum absolute atomic E-state index is 9.73. The summed E-state index contributed by atoms with van der Waals surface area (Å²) in [5, 5.41) is 9.73. The van der Waals surface area contributed by atoms with E-state index in [1.165, 1.54) is 16.7 Å². The van der Waals surface area contributed by atoms with Crippen LogP contribution in [0.2, 0.25) is 0 Å². The maximum atomic E-state index is 9.73. The zero-order chi connectivity index (χ0) is 19.8. The van der Waals surface area contributed by atoms with Crippen molar-refractivity contribution in [2.24, 2.45) is 0 Å². The Morgan fingerprint density at radius 1 is 0.750 bits per heavy atom. The zero-order valence-corrected chi connectivity index (χ0v) is 16.7. The van der Waals surface area contributed by atoms with Crippen molar-refractivity contribution in [3.63, 3.8) is 0 Å². The van der Waals surface area contributed by atoms with Gasteiger partial charge in [0.05, 0.1) is 6.61 Å². The Morgan fingerprint density at radius 3 is 1.93 bits per heavy atom. The second kappa shape index (κ2) is 9.80. The smallest absolute Gasteiger partial charge is 0.119 e. The molecule has 2 heteroatoms. The average molecular weight is 373 g/mol. The van der Waals surface area contributed by atoms with Gasteiger partial charge < -0.3 is 9.84 Å². The summed E-state index contributed by atoms with van der Waals surface area (Å²) in [6.45, 7) is 5.10. The summed E-state index contributed by atoms with van der Waals surface area (Å²) in [5.41, 5.74) is 5.93. The summed E-state index contributed by atoms with van der Waals surface area (Å²) in [6, 6.07) is 26.3. The third-order valence-corrected chi connectivity index (χ3v) is 4.84. The number of hydrogen-bond donors (Lipinski definition) is 1. The van der Waals surface area contributed by atoms with Crippen molar-refractivity contribution in [2.45, 2.75) is 33.1 Å². The van der Waals surface area contributed by atoms with Crippen LogP contribution in [-0.4, -0.2) is 11.7 Å². The number of benzene rings is 3. The van der Waals surface area contributed by atoms with Crippen molar-refractivity contribution in [1.29, 1.82) is 0 Å². The minimum atomic E-state index is 0.278. The monoisotopic (exact) mass is 372 g/mol. The molecule has 0 spiro atoms. The molecule has 144 valence electrons. The van der Waals surface area contributed by atoms with Crippen molar-refractivity contribution in [1.82, 2.24) is 0 Å². The molecule has 0 fully saturated rings. The fourth-order valence-corrected chi connectivity index (χ4v) is 3.36. The van der Waals surface area contributed by atoms with Gasteiger partial charge in [0.15, 0.2) is 0 Å². The molecule has 0 saturated heterocycles. The topological polar surface area (TPSA) is 29.5 Å². The highest BCUT2D eigenvalue weighted by atomic mass is 16.5. The second-order valence-corrected chi connectivity index (χ2v) is 6.85. The van der Waals surface area contributed by atoms with E-state index >= 15 is 0 Å². The highest BCUT2D eigenvalue weighted by Gasteiger charge is 2.13. The Hall–Kier alpha value is -3.00. The summed E-state index contributed by atoms with van der Waals surface area (Å²) in [6.07, 6.45) is 3.10. The van der Waals surface area contributed by atoms with Gasteiger partial charge in [-0.15, -0.1) is 0 Å². The quantitative estimate of drug-likeness (QED) is 0.343. The number of ether oxygens (including phenoxy) is 1. The van der Waals surface area contributed by atoms with Crippen LogP contribution in [0.3, 0.4) is 0 Å². The molecule has 28 heavy (non-hydrogen) atoms. The van der Waals surface area contributed by atoms with Crippen LogP contribution in [0.15, 0.2) is 78.9 Å². The van der Waals surface area contributed by atoms with E-state index in [0.29, 0.717) is 0 Å². The van der Waals surface area contributed by atoms with Gasteiger partial charge in [-0.25, -0.2) is 0 Å². The lowest BCUT2D eigenvalue weighted by atomic mass is 9.88. The highest BCUT2D eigenvalue weighted by Crippen LogP contribution is 2.35. The van der Waals surface area contributed by atoms with E-state index in [1.807, 2.05) is 30.3 Å². The molecule has 0 heterocycles. The summed E-state index contributed by atoms with van der Waals surface area (Å²) < 4.78 is 5.82. The molecular formula is C26H28O2. The Labute approximate surface area is 168 Å². The fraction of sp³-hybridized carbons (Fsp3) is 0.231. The predicted octanol–water partition coefficient (Wildman–Crippen LogP) is 6.94. The van der Waals surface area contributed by atoms with E-state index in [-0.39, 0.29) is 5.75 Å². The normalized spacial score (nSPS) is 11.8. The summed E-state index contributed by atoms with van der Waals surface area (Å²) >= 11 is 0. The first-order valence-corrected chi connectivity index (χ1v) is 10.0. The van der Waals surface area contributed by atoms with Gasteiger partial charge >= 0.3 is 0 Å². The van der Waals surface area contributed by atoms with Crippen molar-refractivity contribution in [3.05, 3.63) is 95.6 Å². The first kappa shape index (κ1) is 19.8. The SMILES string of the molecule is CCCCOc1ccc(C(=C(CC)c2ccccc2)c2ccc(O)cc2)cc1. The molecule has 0 bridgehead atoms. The second-order valence-electron chi connectivity index (χ2n) is 6.85. The van der Waals surface area contributed by atoms with Gasteiger partial charge in [-0.05, 0) is 64.9 Å². The van der Waals surface area contributed by atoms with Crippen molar-refractivity contribution in [2.75, 3.05) is 6.61 Å². The maximum Gasteiger partial charge on any atom is 0.119 e. The Balaban J connectivity index is 2.06. The summed E-state index contributed by atoms with van der Waals surface area (Å²) in [5.74, 6) is 1.18. The van der Waals surface area contributed by atoms with E-state index in [1.54, 1.807) is 12.1 Å². The molecule has 0 saturated carbocycles. The summed E-state index contributed by atoms with van der Waals surface area (Å²) in [4.78, 5) is 0. The molecule has 3 aromatic carbocycles. The van der Waals surface area contributed by atoms with Crippen LogP contribution in [0.5, 0.6) is 11.5 Å². The minimum absolute atomic E-state index is 0.278. The zero-order valence-electron chi connectivity index (χ0n) is 16.7. The Kier molecular flexibility index (Phi) is 6.91. The van der Waals surface area contributed by atoms with Gasteiger partial charge in [0.2, 0.25) is 0 Å². The molecule has 0 aromatic heterocycles. The standard InChI is InChI=1S/C26H28O2/c1-3-5-19-28-24-17-13-22(14-18-24)26(21-11-15-23(27)16-12-21)25(4-2)20-9-7-6-8-10-20/h6-18,27H,3-5,19H2,1-2H3. The largest absolute Gasteiger partial charge is 0.508 e. The van der Waals surface area contributed by atoms with Gasteiger partial charge in [0, 0.05) is 0 Å². The number of hydrogen-bond acceptors (Lipinski definition) is 2. The molecule has 0 aliphatic heterocycles. The molecule has 3 rings (SSSR count). The molecule has 0 atom stereocenters. The molecule has 0 amide bonds. The highest BCUT2D eigenvalue weighted by molar-refractivity contribution is 5.98. The number of allylic oxidation sites excluding steroid dienone is 1. The molecule has 2 nitrogen and oxygen atoms in total. The van der Waals surface area contributed by atoms with Crippen LogP contribution in [0.25, 0.3) is 11.1 Å². The third-order valence-electron chi connectivity index (χ3n) is 4.84. The van der Waals surface area contributed by atoms with Crippen LogP contribution in [0, 0.1) is 0 Å². The van der Waals surface area contributed by atoms with Gasteiger partial charge in [-0.2, -0.15) is 0 Å². The predicted molar refractivity (Wildman–Crippen MR) is 118 cm³/mol. The molecule has 0 radical (unpaired) electrons. The van der Waals surface area contributed by atoms with Crippen LogP contribution >= 0.6 is 0 Å². The summed E-state index contributed by atoms with van der Waals surface area (Å²) in [7, 11) is 0. The van der Waals surface area contributed by atoms with E-state index in [2.05, 4.69) is 50.2 Å². The molecular weight excluding hydrogens is 344 g/mol. The van der Waals surface area contributed by atoms with E-state index in [4.69, 9.17) is 4.74 Å². The van der Waals surface area contributed by atoms with Crippen LogP contribution in [0.4, 0.5) is 0 Å². The van der Waals surface area contributed by atoms with Crippen LogP contribution in [-0.2, 0) is 0 Å². The number of phenolic OH excluding ortho intramolecular Hbond substituents is 1. The van der Waals surface area contributed by atoms with Crippen molar-refractivity contribution < 1.29 is 9.84 Å². The Bertz CT molecular complexity index is 891. The van der Waals surface area contributed by atoms with Crippen LogP contribution < -0.4 is 4.74 Å². The van der Waals surface area contributed by atoms with Gasteiger partial charge in [-0.1, -0.05) is 74.9 Å².